The van der Waals surface area contributed by atoms with Gasteiger partial charge in [-0.2, -0.15) is 0 Å². The molecule has 0 aliphatic carbocycles. The van der Waals surface area contributed by atoms with Crippen LogP contribution < -0.4 is 21.7 Å². The Morgan fingerprint density at radius 1 is 0.554 bits per heavy atom. The molecule has 0 aliphatic rings. The number of phenols is 7. The van der Waals surface area contributed by atoms with Gasteiger partial charge in [-0.25, -0.2) is 17.6 Å². The lowest BCUT2D eigenvalue weighted by Crippen LogP contribution is -2.40. The zero-order chi connectivity index (χ0) is 42.9. The van der Waals surface area contributed by atoms with Gasteiger partial charge in [-0.3, -0.25) is 14.4 Å². The molecule has 0 radical (unpaired) electrons. The molecule has 0 fully saturated rings. The van der Waals surface area contributed by atoms with Crippen molar-refractivity contribution in [3.05, 3.63) is 64.2 Å². The summed E-state index contributed by atoms with van der Waals surface area (Å²) < 4.78 is 53.1. The predicted octanol–water partition coefficient (Wildman–Crippen LogP) is 0.108. The van der Waals surface area contributed by atoms with Crippen LogP contribution >= 0.6 is 0 Å². The number of carbonyl (C=O) groups is 3. The van der Waals surface area contributed by atoms with Gasteiger partial charge >= 0.3 is 0 Å². The van der Waals surface area contributed by atoms with E-state index < -0.39 is 93.8 Å². The van der Waals surface area contributed by atoms with Gasteiger partial charge in [0.05, 0.1) is 45.5 Å². The topological polar surface area (TPSA) is 316 Å². The Morgan fingerprint density at radius 3 is 1.45 bits per heavy atom. The van der Waals surface area contributed by atoms with Crippen molar-refractivity contribution in [3.8, 4) is 40.2 Å². The molecule has 56 heavy (non-hydrogen) atoms. The molecule has 3 aromatic carbocycles. The van der Waals surface area contributed by atoms with Crippen LogP contribution in [-0.2, 0) is 34.0 Å². The van der Waals surface area contributed by atoms with Crippen molar-refractivity contribution >= 4 is 17.3 Å². The van der Waals surface area contributed by atoms with Gasteiger partial charge in [-0.15, -0.1) is 0 Å². The van der Waals surface area contributed by atoms with E-state index in [1.54, 1.807) is 6.92 Å². The Hall–Kier alpha value is -5.29. The highest BCUT2D eigenvalue weighted by molar-refractivity contribution is 5.85. The maximum Gasteiger partial charge on any atom is 0.203 e. The van der Waals surface area contributed by atoms with Gasteiger partial charge in [0.1, 0.15) is 0 Å². The number of halogens is 4. The van der Waals surface area contributed by atoms with Crippen LogP contribution in [0.1, 0.15) is 30.5 Å². The maximum atomic E-state index is 13.5. The number of Topliss-reactive ketones (excluding diaryl/α,β-unsaturated/α-hetero) is 3. The highest BCUT2D eigenvalue weighted by Gasteiger charge is 2.20. The van der Waals surface area contributed by atoms with Crippen molar-refractivity contribution in [2.24, 2.45) is 17.6 Å². The quantitative estimate of drug-likeness (QED) is 0.0599. The van der Waals surface area contributed by atoms with E-state index in [9.17, 15) is 42.2 Å². The van der Waals surface area contributed by atoms with E-state index in [-0.39, 0.29) is 80.7 Å². The van der Waals surface area contributed by atoms with Crippen molar-refractivity contribution in [1.29, 1.82) is 0 Å². The number of phenolic OH excluding ortho intramolecular Hbond substituents is 7. The number of benzene rings is 3. The molecule has 0 aromatic heterocycles. The molecule has 0 bridgehead atoms. The van der Waals surface area contributed by atoms with Crippen LogP contribution in [0.2, 0.25) is 0 Å². The first-order chi connectivity index (χ1) is 26.2. The maximum absolute atomic E-state index is 13.5. The number of carbonyl (C=O) groups excluding carboxylic acids is 3. The van der Waals surface area contributed by atoms with Crippen LogP contribution in [0.4, 0.5) is 17.6 Å². The van der Waals surface area contributed by atoms with E-state index in [0.29, 0.717) is 0 Å². The zero-order valence-corrected chi connectivity index (χ0v) is 30.2. The van der Waals surface area contributed by atoms with Crippen molar-refractivity contribution < 1.29 is 83.0 Å². The number of nitrogens with two attached hydrogens (primary N) is 1. The first kappa shape index (κ1) is 48.7. The van der Waals surface area contributed by atoms with E-state index in [2.05, 4.69) is 16.0 Å². The SMILES string of the molecule is CC(CO)C(=O)CNCc1cc(F)c(O)c(O)c1F.CC(CO)C(=O)CNCc1cc(F)c(O)c(O)c1O.NC(CO)C(=O)CNCc1ccc(O)c(O)c1F. The second kappa shape index (κ2) is 23.6. The number of nitrogens with one attached hydrogen (secondary N) is 3. The number of rotatable bonds is 18. The lowest BCUT2D eigenvalue weighted by molar-refractivity contribution is -0.123. The normalized spacial score (nSPS) is 12.4. The third-order valence-electron chi connectivity index (χ3n) is 7.80. The fraction of sp³-hybridized carbons (Fsp3) is 0.400. The number of hydrogen-bond acceptors (Lipinski definition) is 17. The standard InChI is InChI=1S/C12H15F2NO4.C12H16FNO5.C11H15FN2O4/c1-6(5-16)9(17)4-15-3-7-2-8(13)11(18)12(19)10(7)14;1-6(5-15)9(16)4-14-3-7-2-8(13)11(18)12(19)10(7)17;12-10-6(1-2-8(16)11(10)18)3-14-4-9(17)7(13)5-15/h2,6,15-16,18-19H,3-5H2,1H3;2,6,14-15,17-19H,3-5H2,1H3;1-2,7,14-16,18H,3-5,13H2. The van der Waals surface area contributed by atoms with Crippen molar-refractivity contribution in [1.82, 2.24) is 16.0 Å². The smallest absolute Gasteiger partial charge is 0.203 e. The average Bonchev–Trinajstić information content (AvgIpc) is 3.19. The summed E-state index contributed by atoms with van der Waals surface area (Å²) >= 11 is 0. The van der Waals surface area contributed by atoms with E-state index in [1.807, 2.05) is 0 Å². The van der Waals surface area contributed by atoms with Crippen LogP contribution in [0.5, 0.6) is 40.2 Å². The first-order valence-electron chi connectivity index (χ1n) is 16.5. The van der Waals surface area contributed by atoms with Gasteiger partial charge in [0, 0.05) is 48.2 Å². The van der Waals surface area contributed by atoms with Crippen LogP contribution in [0.3, 0.4) is 0 Å². The fourth-order valence-corrected chi connectivity index (χ4v) is 4.06. The minimum atomic E-state index is -1.16. The summed E-state index contributed by atoms with van der Waals surface area (Å²) in [5.74, 6) is -12.5. The van der Waals surface area contributed by atoms with Crippen LogP contribution in [0.25, 0.3) is 0 Å². The highest BCUT2D eigenvalue weighted by Crippen LogP contribution is 2.39. The Kier molecular flexibility index (Phi) is 20.5. The molecule has 3 rings (SSSR count). The molecule has 312 valence electrons. The van der Waals surface area contributed by atoms with Crippen LogP contribution in [0.15, 0.2) is 24.3 Å². The molecule has 15 N–H and O–H groups in total. The minimum absolute atomic E-state index is 0.0104. The van der Waals surface area contributed by atoms with Crippen molar-refractivity contribution in [2.45, 2.75) is 39.5 Å². The minimum Gasteiger partial charge on any atom is -0.504 e. The van der Waals surface area contributed by atoms with Gasteiger partial charge in [0.2, 0.25) is 5.75 Å². The summed E-state index contributed by atoms with van der Waals surface area (Å²) in [5.41, 5.74) is 5.19. The Labute approximate surface area is 317 Å². The Morgan fingerprint density at radius 2 is 0.964 bits per heavy atom. The van der Waals surface area contributed by atoms with Gasteiger partial charge in [0.15, 0.2) is 75.1 Å². The largest absolute Gasteiger partial charge is 0.504 e. The molecule has 0 amide bonds. The molecular weight excluding hydrogens is 760 g/mol. The number of aliphatic hydroxyl groups is 3. The summed E-state index contributed by atoms with van der Waals surface area (Å²) in [6.07, 6.45) is 0. The van der Waals surface area contributed by atoms with Crippen LogP contribution in [-0.4, -0.2) is 114 Å². The fourth-order valence-electron chi connectivity index (χ4n) is 4.06. The van der Waals surface area contributed by atoms with Gasteiger partial charge in [0.25, 0.3) is 0 Å². The number of hydrogen-bond donors (Lipinski definition) is 14. The molecule has 0 aliphatic heterocycles. The number of aromatic hydroxyl groups is 7. The summed E-state index contributed by atoms with van der Waals surface area (Å²) in [7, 11) is 0. The predicted molar refractivity (Wildman–Crippen MR) is 189 cm³/mol. The monoisotopic (exact) mass is 806 g/mol. The third kappa shape index (κ3) is 14.4. The second-order valence-corrected chi connectivity index (χ2v) is 12.2. The number of aliphatic hydroxyl groups excluding tert-OH is 3. The molecule has 0 spiro atoms. The third-order valence-corrected chi connectivity index (χ3v) is 7.80. The molecule has 0 saturated heterocycles. The van der Waals surface area contributed by atoms with E-state index in [1.165, 1.54) is 13.0 Å². The molecule has 21 heteroatoms. The molecule has 17 nitrogen and oxygen atoms in total. The van der Waals surface area contributed by atoms with Gasteiger partial charge in [-0.1, -0.05) is 19.9 Å². The highest BCUT2D eigenvalue weighted by atomic mass is 19.1. The summed E-state index contributed by atoms with van der Waals surface area (Å²) in [6, 6.07) is 3.06. The summed E-state index contributed by atoms with van der Waals surface area (Å²) in [6.45, 7) is 1.52. The molecule has 3 aromatic rings. The molecule has 0 saturated carbocycles. The van der Waals surface area contributed by atoms with Crippen molar-refractivity contribution in [2.75, 3.05) is 39.5 Å². The lowest BCUT2D eigenvalue weighted by atomic mass is 10.1. The van der Waals surface area contributed by atoms with Gasteiger partial charge < -0.3 is 72.7 Å². The summed E-state index contributed by atoms with van der Waals surface area (Å²) in [4.78, 5) is 34.0. The summed E-state index contributed by atoms with van der Waals surface area (Å²) in [5, 5.41) is 98.0. The second-order valence-electron chi connectivity index (χ2n) is 12.2. The Bertz CT molecular complexity index is 1720. The first-order valence-corrected chi connectivity index (χ1v) is 16.5. The molecule has 0 heterocycles. The lowest BCUT2D eigenvalue weighted by Gasteiger charge is -2.11. The number of ketones is 3. The van der Waals surface area contributed by atoms with E-state index in [4.69, 9.17) is 46.6 Å². The van der Waals surface area contributed by atoms with Crippen LogP contribution in [0, 0.1) is 35.1 Å². The van der Waals surface area contributed by atoms with E-state index in [0.717, 1.165) is 18.2 Å². The Balaban J connectivity index is 0.000000420. The molecule has 3 unspecified atom stereocenters. The average molecular weight is 807 g/mol. The van der Waals surface area contributed by atoms with E-state index >= 15 is 0 Å². The van der Waals surface area contributed by atoms with Gasteiger partial charge in [-0.05, 0) is 18.2 Å². The molecule has 3 atom stereocenters. The molecular formula is C35H46F4N4O13. The zero-order valence-electron chi connectivity index (χ0n) is 30.2. The van der Waals surface area contributed by atoms with Crippen molar-refractivity contribution in [3.63, 3.8) is 0 Å².